The molecule has 1 aromatic carbocycles. The lowest BCUT2D eigenvalue weighted by Gasteiger charge is -2.27. The maximum atomic E-state index is 11.3. The van der Waals surface area contributed by atoms with Crippen LogP contribution >= 0.6 is 63.0 Å². The van der Waals surface area contributed by atoms with Crippen LogP contribution < -0.4 is 16.0 Å². The first-order chi connectivity index (χ1) is 9.72. The number of benzene rings is 1. The van der Waals surface area contributed by atoms with Gasteiger partial charge in [0, 0.05) is 10.2 Å². The third-order valence-corrected chi connectivity index (χ3v) is 3.58. The Morgan fingerprint density at radius 1 is 1.29 bits per heavy atom. The van der Waals surface area contributed by atoms with E-state index in [-0.39, 0.29) is 5.11 Å². The second kappa shape index (κ2) is 8.19. The van der Waals surface area contributed by atoms with Crippen molar-refractivity contribution < 1.29 is 4.79 Å². The number of amides is 1. The molecule has 0 radical (unpaired) electrons. The molecule has 0 fully saturated rings. The molecule has 1 aromatic rings. The maximum Gasteiger partial charge on any atom is 0.245 e. The van der Waals surface area contributed by atoms with Gasteiger partial charge in [-0.2, -0.15) is 0 Å². The average molecular weight is 432 g/mol. The van der Waals surface area contributed by atoms with Crippen molar-refractivity contribution in [1.29, 1.82) is 0 Å². The molecule has 0 aliphatic rings. The van der Waals surface area contributed by atoms with E-state index in [1.807, 2.05) is 24.3 Å². The Bertz CT molecular complexity index is 534. The highest BCUT2D eigenvalue weighted by molar-refractivity contribution is 9.10. The quantitative estimate of drug-likeness (QED) is 0.294. The summed E-state index contributed by atoms with van der Waals surface area (Å²) in [5.41, 5.74) is 0.744. The summed E-state index contributed by atoms with van der Waals surface area (Å²) in [6.45, 7) is 3.33. The average Bonchev–Trinajstić information content (AvgIpc) is 2.39. The Labute approximate surface area is 151 Å². The Balaban J connectivity index is 2.69. The van der Waals surface area contributed by atoms with Gasteiger partial charge in [0.1, 0.15) is 6.17 Å². The molecule has 0 bridgehead atoms. The van der Waals surface area contributed by atoms with E-state index >= 15 is 0 Å². The van der Waals surface area contributed by atoms with Crippen molar-refractivity contribution >= 4 is 79.7 Å². The minimum absolute atomic E-state index is 0.193. The molecule has 1 amide bonds. The molecule has 0 heterocycles. The fourth-order valence-electron chi connectivity index (χ4n) is 1.23. The van der Waals surface area contributed by atoms with E-state index in [0.717, 1.165) is 16.2 Å². The molecule has 4 nitrogen and oxygen atoms in total. The van der Waals surface area contributed by atoms with Gasteiger partial charge >= 0.3 is 0 Å². The number of hydrogen-bond donors (Lipinski definition) is 3. The van der Waals surface area contributed by atoms with Crippen LogP contribution in [0.1, 0.15) is 0 Å². The topological polar surface area (TPSA) is 53.2 Å². The van der Waals surface area contributed by atoms with Crippen molar-refractivity contribution in [2.45, 2.75) is 9.96 Å². The lowest BCUT2D eigenvalue weighted by atomic mass is 10.3. The SMILES string of the molecule is C=CC(=O)NC(NC(=S)Nc1ccc(Br)cc1)C(Cl)(Cl)Cl. The van der Waals surface area contributed by atoms with E-state index in [4.69, 9.17) is 47.0 Å². The van der Waals surface area contributed by atoms with Gasteiger partial charge in [0.25, 0.3) is 0 Å². The van der Waals surface area contributed by atoms with Gasteiger partial charge in [0.2, 0.25) is 9.70 Å². The van der Waals surface area contributed by atoms with Crippen molar-refractivity contribution in [2.24, 2.45) is 0 Å². The van der Waals surface area contributed by atoms with Crippen LogP contribution in [0, 0.1) is 0 Å². The van der Waals surface area contributed by atoms with Crippen molar-refractivity contribution in [1.82, 2.24) is 10.6 Å². The third-order valence-electron chi connectivity index (χ3n) is 2.18. The summed E-state index contributed by atoms with van der Waals surface area (Å²) in [5.74, 6) is -0.495. The number of rotatable bonds is 4. The van der Waals surface area contributed by atoms with Crippen molar-refractivity contribution in [3.63, 3.8) is 0 Å². The van der Waals surface area contributed by atoms with E-state index in [9.17, 15) is 4.79 Å². The monoisotopic (exact) mass is 429 g/mol. The number of hydrogen-bond acceptors (Lipinski definition) is 2. The smallest absolute Gasteiger partial charge is 0.245 e. The molecule has 9 heteroatoms. The standard InChI is InChI=1S/C12H11BrCl3N3OS/c1-2-9(20)18-10(12(14,15)16)19-11(21)17-8-5-3-7(13)4-6-8/h2-6,10H,1H2,(H,18,20)(H2,17,19,21). The lowest BCUT2D eigenvalue weighted by Crippen LogP contribution is -2.55. The first-order valence-electron chi connectivity index (χ1n) is 5.55. The van der Waals surface area contributed by atoms with Crippen LogP contribution in [-0.2, 0) is 4.79 Å². The van der Waals surface area contributed by atoms with Gasteiger partial charge < -0.3 is 16.0 Å². The molecule has 0 aromatic heterocycles. The summed E-state index contributed by atoms with van der Waals surface area (Å²) in [6.07, 6.45) is 0.0551. The minimum atomic E-state index is -1.79. The Kier molecular flexibility index (Phi) is 7.23. The number of halogens is 4. The molecule has 114 valence electrons. The molecule has 0 saturated heterocycles. The van der Waals surface area contributed by atoms with Gasteiger partial charge in [-0.3, -0.25) is 4.79 Å². The van der Waals surface area contributed by atoms with Crippen molar-refractivity contribution in [3.8, 4) is 0 Å². The predicted octanol–water partition coefficient (Wildman–Crippen LogP) is 3.73. The van der Waals surface area contributed by atoms with Gasteiger partial charge in [-0.25, -0.2) is 0 Å². The van der Waals surface area contributed by atoms with E-state index in [2.05, 4.69) is 38.5 Å². The number of alkyl halides is 3. The molecule has 1 atom stereocenters. The van der Waals surface area contributed by atoms with Gasteiger partial charge in [-0.15, -0.1) is 0 Å². The van der Waals surface area contributed by atoms with E-state index in [1.54, 1.807) is 0 Å². The fourth-order valence-corrected chi connectivity index (χ4v) is 2.06. The largest absolute Gasteiger partial charge is 0.339 e. The van der Waals surface area contributed by atoms with Gasteiger partial charge in [0.15, 0.2) is 5.11 Å². The van der Waals surface area contributed by atoms with Crippen LogP contribution in [0.4, 0.5) is 5.69 Å². The fraction of sp³-hybridized carbons (Fsp3) is 0.167. The summed E-state index contributed by atoms with van der Waals surface area (Å²) < 4.78 is -0.853. The molecule has 0 aliphatic heterocycles. The molecule has 1 rings (SSSR count). The zero-order valence-corrected chi connectivity index (χ0v) is 15.2. The molecular weight excluding hydrogens is 420 g/mol. The van der Waals surface area contributed by atoms with Crippen LogP contribution in [0.15, 0.2) is 41.4 Å². The minimum Gasteiger partial charge on any atom is -0.339 e. The zero-order chi connectivity index (χ0) is 16.0. The highest BCUT2D eigenvalue weighted by atomic mass is 79.9. The van der Waals surface area contributed by atoms with E-state index < -0.39 is 15.9 Å². The van der Waals surface area contributed by atoms with Gasteiger partial charge in [-0.05, 0) is 42.6 Å². The van der Waals surface area contributed by atoms with Crippen molar-refractivity contribution in [3.05, 3.63) is 41.4 Å². The molecule has 0 spiro atoms. The summed E-state index contributed by atoms with van der Waals surface area (Å²) in [7, 11) is 0. The molecule has 0 aliphatic carbocycles. The number of carbonyl (C=O) groups excluding carboxylic acids is 1. The second-order valence-corrected chi connectivity index (χ2v) is 7.49. The highest BCUT2D eigenvalue weighted by Crippen LogP contribution is 2.29. The Morgan fingerprint density at radius 3 is 2.33 bits per heavy atom. The lowest BCUT2D eigenvalue weighted by molar-refractivity contribution is -0.117. The van der Waals surface area contributed by atoms with Crippen LogP contribution in [0.2, 0.25) is 0 Å². The number of carbonyl (C=O) groups is 1. The van der Waals surface area contributed by atoms with Crippen molar-refractivity contribution in [2.75, 3.05) is 5.32 Å². The maximum absolute atomic E-state index is 11.3. The first kappa shape index (κ1) is 18.5. The summed E-state index contributed by atoms with van der Waals surface area (Å²) in [6, 6.07) is 7.31. The van der Waals surface area contributed by atoms with Gasteiger partial charge in [0.05, 0.1) is 0 Å². The number of anilines is 1. The molecule has 21 heavy (non-hydrogen) atoms. The molecule has 0 saturated carbocycles. The summed E-state index contributed by atoms with van der Waals surface area (Å²) in [4.78, 5) is 11.3. The van der Waals surface area contributed by atoms with E-state index in [1.165, 1.54) is 0 Å². The highest BCUT2D eigenvalue weighted by Gasteiger charge is 2.34. The van der Waals surface area contributed by atoms with Crippen LogP contribution in [0.3, 0.4) is 0 Å². The van der Waals surface area contributed by atoms with Crippen LogP contribution in [0.5, 0.6) is 0 Å². The number of nitrogens with one attached hydrogen (secondary N) is 3. The van der Waals surface area contributed by atoms with Crippen LogP contribution in [0.25, 0.3) is 0 Å². The Hall–Kier alpha value is -0.530. The zero-order valence-electron chi connectivity index (χ0n) is 10.5. The Morgan fingerprint density at radius 2 is 1.86 bits per heavy atom. The normalized spacial score (nSPS) is 12.2. The molecule has 3 N–H and O–H groups in total. The van der Waals surface area contributed by atoms with Gasteiger partial charge in [-0.1, -0.05) is 57.3 Å². The predicted molar refractivity (Wildman–Crippen MR) is 95.9 cm³/mol. The first-order valence-corrected chi connectivity index (χ1v) is 7.88. The van der Waals surface area contributed by atoms with Crippen LogP contribution in [-0.4, -0.2) is 21.0 Å². The molecular formula is C12H11BrCl3N3OS. The third kappa shape index (κ3) is 6.84. The van der Waals surface area contributed by atoms with E-state index in [0.29, 0.717) is 0 Å². The molecule has 1 unspecified atom stereocenters. The number of thiocarbonyl (C=S) groups is 1. The summed E-state index contributed by atoms with van der Waals surface area (Å²) >= 11 is 25.8. The summed E-state index contributed by atoms with van der Waals surface area (Å²) in [5, 5.41) is 8.25. The second-order valence-electron chi connectivity index (χ2n) is 3.79.